The van der Waals surface area contributed by atoms with Gasteiger partial charge in [0.1, 0.15) is 5.82 Å². The van der Waals surface area contributed by atoms with Crippen LogP contribution in [-0.4, -0.2) is 35.8 Å². The first-order valence-corrected chi connectivity index (χ1v) is 6.31. The van der Waals surface area contributed by atoms with E-state index in [1.165, 1.54) is 0 Å². The molecular weight excluding hydrogens is 216 g/mol. The van der Waals surface area contributed by atoms with Crippen LogP contribution in [0.3, 0.4) is 0 Å². The lowest BCUT2D eigenvalue weighted by Gasteiger charge is -2.11. The van der Waals surface area contributed by atoms with Gasteiger partial charge in [0.25, 0.3) is 0 Å². The van der Waals surface area contributed by atoms with Crippen LogP contribution in [0.1, 0.15) is 26.2 Å². The summed E-state index contributed by atoms with van der Waals surface area (Å²) < 4.78 is 5.54. The zero-order chi connectivity index (χ0) is 11.9. The van der Waals surface area contributed by atoms with Crippen LogP contribution in [0, 0.1) is 0 Å². The number of rotatable bonds is 6. The minimum atomic E-state index is 0.311. The fourth-order valence-corrected chi connectivity index (χ4v) is 1.81. The summed E-state index contributed by atoms with van der Waals surface area (Å²) in [6.07, 6.45) is 5.45. The zero-order valence-corrected chi connectivity index (χ0v) is 10.3. The van der Waals surface area contributed by atoms with Gasteiger partial charge in [-0.2, -0.15) is 4.98 Å². The van der Waals surface area contributed by atoms with E-state index in [-0.39, 0.29) is 0 Å². The molecule has 0 amide bonds. The Kier molecular flexibility index (Phi) is 4.55. The van der Waals surface area contributed by atoms with Crippen LogP contribution in [0.15, 0.2) is 12.3 Å². The van der Waals surface area contributed by atoms with Gasteiger partial charge in [0.15, 0.2) is 0 Å². The molecule has 1 atom stereocenters. The van der Waals surface area contributed by atoms with Crippen LogP contribution >= 0.6 is 0 Å². The monoisotopic (exact) mass is 236 g/mol. The Bertz CT molecular complexity index is 339. The van der Waals surface area contributed by atoms with Crippen molar-refractivity contribution in [3.05, 3.63) is 12.3 Å². The molecule has 0 aliphatic carbocycles. The number of hydrogen-bond acceptors (Lipinski definition) is 5. The van der Waals surface area contributed by atoms with Crippen molar-refractivity contribution < 1.29 is 4.74 Å². The van der Waals surface area contributed by atoms with Gasteiger partial charge in [0.2, 0.25) is 5.95 Å². The van der Waals surface area contributed by atoms with Crippen LogP contribution in [0.4, 0.5) is 11.8 Å². The van der Waals surface area contributed by atoms with E-state index in [2.05, 4.69) is 27.5 Å². The summed E-state index contributed by atoms with van der Waals surface area (Å²) >= 11 is 0. The number of anilines is 2. The second-order valence-corrected chi connectivity index (χ2v) is 4.21. The maximum atomic E-state index is 5.54. The first kappa shape index (κ1) is 12.1. The molecule has 1 aromatic rings. The van der Waals surface area contributed by atoms with Crippen LogP contribution in [0.2, 0.25) is 0 Å². The normalized spacial score (nSPS) is 19.2. The Morgan fingerprint density at radius 1 is 1.47 bits per heavy atom. The predicted octanol–water partition coefficient (Wildman–Crippen LogP) is 1.89. The molecule has 1 aromatic heterocycles. The molecule has 5 heteroatoms. The molecular formula is C12H20N4O. The first-order valence-electron chi connectivity index (χ1n) is 6.31. The fourth-order valence-electron chi connectivity index (χ4n) is 1.81. The van der Waals surface area contributed by atoms with Crippen molar-refractivity contribution in [2.75, 3.05) is 30.3 Å². The molecule has 0 spiro atoms. The van der Waals surface area contributed by atoms with Gasteiger partial charge in [-0.05, 0) is 25.3 Å². The van der Waals surface area contributed by atoms with E-state index in [0.29, 0.717) is 12.1 Å². The van der Waals surface area contributed by atoms with Gasteiger partial charge < -0.3 is 15.4 Å². The number of aromatic nitrogens is 2. The molecule has 1 fully saturated rings. The highest BCUT2D eigenvalue weighted by atomic mass is 16.5. The quantitative estimate of drug-likeness (QED) is 0.790. The number of hydrogen-bond donors (Lipinski definition) is 2. The van der Waals surface area contributed by atoms with E-state index in [1.54, 1.807) is 6.20 Å². The van der Waals surface area contributed by atoms with Crippen molar-refractivity contribution >= 4 is 11.8 Å². The number of ether oxygens (including phenoxy) is 1. The van der Waals surface area contributed by atoms with Crippen LogP contribution < -0.4 is 10.6 Å². The molecule has 2 heterocycles. The maximum Gasteiger partial charge on any atom is 0.224 e. The molecule has 2 N–H and O–H groups in total. The summed E-state index contributed by atoms with van der Waals surface area (Å²) in [6.45, 7) is 4.73. The average Bonchev–Trinajstić information content (AvgIpc) is 2.87. The molecule has 0 radical (unpaired) electrons. The molecule has 1 saturated heterocycles. The van der Waals surface area contributed by atoms with E-state index >= 15 is 0 Å². The third-order valence-corrected chi connectivity index (χ3v) is 2.72. The third kappa shape index (κ3) is 3.85. The van der Waals surface area contributed by atoms with Crippen molar-refractivity contribution in [3.63, 3.8) is 0 Å². The molecule has 1 aliphatic heterocycles. The molecule has 0 aromatic carbocycles. The van der Waals surface area contributed by atoms with Gasteiger partial charge >= 0.3 is 0 Å². The maximum absolute atomic E-state index is 5.54. The second-order valence-electron chi connectivity index (χ2n) is 4.21. The minimum absolute atomic E-state index is 0.311. The molecule has 94 valence electrons. The lowest BCUT2D eigenvalue weighted by Crippen LogP contribution is -2.19. The van der Waals surface area contributed by atoms with Crippen molar-refractivity contribution in [2.45, 2.75) is 32.3 Å². The largest absolute Gasteiger partial charge is 0.376 e. The van der Waals surface area contributed by atoms with E-state index in [0.717, 1.165) is 44.8 Å². The van der Waals surface area contributed by atoms with Crippen molar-refractivity contribution in [1.82, 2.24) is 9.97 Å². The highest BCUT2D eigenvalue weighted by Gasteiger charge is 2.15. The van der Waals surface area contributed by atoms with Gasteiger partial charge in [-0.25, -0.2) is 4.98 Å². The summed E-state index contributed by atoms with van der Waals surface area (Å²) in [5.41, 5.74) is 0. The van der Waals surface area contributed by atoms with Crippen molar-refractivity contribution in [3.8, 4) is 0 Å². The summed E-state index contributed by atoms with van der Waals surface area (Å²) in [4.78, 5) is 8.57. The molecule has 2 rings (SSSR count). The van der Waals surface area contributed by atoms with Crippen LogP contribution in [0.25, 0.3) is 0 Å². The zero-order valence-electron chi connectivity index (χ0n) is 10.3. The summed E-state index contributed by atoms with van der Waals surface area (Å²) in [5, 5.41) is 6.46. The molecule has 1 aliphatic rings. The van der Waals surface area contributed by atoms with Crippen molar-refractivity contribution in [2.24, 2.45) is 0 Å². The van der Waals surface area contributed by atoms with Gasteiger partial charge in [-0.15, -0.1) is 0 Å². The highest BCUT2D eigenvalue weighted by Crippen LogP contribution is 2.12. The lowest BCUT2D eigenvalue weighted by molar-refractivity contribution is 0.120. The Hall–Kier alpha value is -1.36. The summed E-state index contributed by atoms with van der Waals surface area (Å²) in [5.74, 6) is 1.54. The van der Waals surface area contributed by atoms with E-state index in [1.807, 2.05) is 6.07 Å². The predicted molar refractivity (Wildman–Crippen MR) is 68.3 cm³/mol. The number of nitrogens with zero attached hydrogens (tertiary/aromatic N) is 2. The summed E-state index contributed by atoms with van der Waals surface area (Å²) in [7, 11) is 0. The van der Waals surface area contributed by atoms with E-state index < -0.39 is 0 Å². The minimum Gasteiger partial charge on any atom is -0.376 e. The molecule has 0 bridgehead atoms. The van der Waals surface area contributed by atoms with Gasteiger partial charge in [-0.3, -0.25) is 0 Å². The topological polar surface area (TPSA) is 59.1 Å². The average molecular weight is 236 g/mol. The molecule has 0 saturated carbocycles. The van der Waals surface area contributed by atoms with Gasteiger partial charge in [0.05, 0.1) is 6.10 Å². The van der Waals surface area contributed by atoms with E-state index in [9.17, 15) is 0 Å². The second kappa shape index (κ2) is 6.39. The Morgan fingerprint density at radius 3 is 3.18 bits per heavy atom. The first-order chi connectivity index (χ1) is 8.38. The number of nitrogens with one attached hydrogen (secondary N) is 2. The van der Waals surface area contributed by atoms with Crippen LogP contribution in [-0.2, 0) is 4.74 Å². The Balaban J connectivity index is 1.82. The van der Waals surface area contributed by atoms with Crippen molar-refractivity contribution in [1.29, 1.82) is 0 Å². The smallest absolute Gasteiger partial charge is 0.224 e. The third-order valence-electron chi connectivity index (χ3n) is 2.72. The summed E-state index contributed by atoms with van der Waals surface area (Å²) in [6, 6.07) is 1.88. The SMILES string of the molecule is CCCNc1ccnc(NCC2CCCO2)n1. The highest BCUT2D eigenvalue weighted by molar-refractivity contribution is 5.39. The van der Waals surface area contributed by atoms with Gasteiger partial charge in [-0.1, -0.05) is 6.92 Å². The molecule has 17 heavy (non-hydrogen) atoms. The molecule has 1 unspecified atom stereocenters. The van der Waals surface area contributed by atoms with E-state index in [4.69, 9.17) is 4.74 Å². The standard InChI is InChI=1S/C12H20N4O/c1-2-6-13-11-5-7-14-12(16-11)15-9-10-4-3-8-17-10/h5,7,10H,2-4,6,8-9H2,1H3,(H2,13,14,15,16). The van der Waals surface area contributed by atoms with Crippen LogP contribution in [0.5, 0.6) is 0 Å². The van der Waals surface area contributed by atoms with Gasteiger partial charge in [0, 0.05) is 25.9 Å². The fraction of sp³-hybridized carbons (Fsp3) is 0.667. The Morgan fingerprint density at radius 2 is 2.41 bits per heavy atom. The lowest BCUT2D eigenvalue weighted by atomic mass is 10.2. The Labute approximate surface area is 102 Å². The molecule has 5 nitrogen and oxygen atoms in total.